The highest BCUT2D eigenvalue weighted by Crippen LogP contribution is 2.32. The SMILES string of the molecule is CCC(CC)CC(C(=O)O)c1ccc(C(F)(F)F)cc1. The van der Waals surface area contributed by atoms with E-state index >= 15 is 0 Å². The van der Waals surface area contributed by atoms with Crippen LogP contribution in [0.2, 0.25) is 0 Å². The first kappa shape index (κ1) is 16.5. The minimum Gasteiger partial charge on any atom is -0.481 e. The lowest BCUT2D eigenvalue weighted by molar-refractivity contribution is -0.139. The molecule has 1 rings (SSSR count). The van der Waals surface area contributed by atoms with E-state index in [2.05, 4.69) is 0 Å². The van der Waals surface area contributed by atoms with Crippen LogP contribution in [-0.2, 0) is 11.0 Å². The molecule has 0 spiro atoms. The molecule has 0 aliphatic carbocycles. The molecule has 0 saturated heterocycles. The molecule has 0 amide bonds. The molecular formula is C15H19F3O2. The summed E-state index contributed by atoms with van der Waals surface area (Å²) in [6.45, 7) is 3.97. The Hall–Kier alpha value is -1.52. The van der Waals surface area contributed by atoms with Gasteiger partial charge < -0.3 is 5.11 Å². The van der Waals surface area contributed by atoms with Crippen molar-refractivity contribution in [1.29, 1.82) is 0 Å². The molecule has 1 unspecified atom stereocenters. The number of halogens is 3. The summed E-state index contributed by atoms with van der Waals surface area (Å²) in [4.78, 5) is 11.3. The highest BCUT2D eigenvalue weighted by atomic mass is 19.4. The van der Waals surface area contributed by atoms with Gasteiger partial charge in [-0.1, -0.05) is 38.8 Å². The zero-order valence-electron chi connectivity index (χ0n) is 11.6. The predicted molar refractivity (Wildman–Crippen MR) is 70.5 cm³/mol. The van der Waals surface area contributed by atoms with E-state index in [-0.39, 0.29) is 5.92 Å². The van der Waals surface area contributed by atoms with E-state index in [1.807, 2.05) is 13.8 Å². The van der Waals surface area contributed by atoms with Gasteiger partial charge in [0.25, 0.3) is 0 Å². The molecule has 0 radical (unpaired) electrons. The fourth-order valence-electron chi connectivity index (χ4n) is 2.24. The van der Waals surface area contributed by atoms with Gasteiger partial charge >= 0.3 is 12.1 Å². The highest BCUT2D eigenvalue weighted by molar-refractivity contribution is 5.76. The molecule has 0 aliphatic heterocycles. The highest BCUT2D eigenvalue weighted by Gasteiger charge is 2.31. The molecule has 0 fully saturated rings. The number of aliphatic carboxylic acids is 1. The van der Waals surface area contributed by atoms with Crippen molar-refractivity contribution in [3.05, 3.63) is 35.4 Å². The topological polar surface area (TPSA) is 37.3 Å². The maximum absolute atomic E-state index is 12.5. The van der Waals surface area contributed by atoms with Crippen molar-refractivity contribution in [3.63, 3.8) is 0 Å². The molecule has 20 heavy (non-hydrogen) atoms. The van der Waals surface area contributed by atoms with Gasteiger partial charge in [0, 0.05) is 0 Å². The molecule has 0 aromatic heterocycles. The van der Waals surface area contributed by atoms with Crippen LogP contribution in [0.5, 0.6) is 0 Å². The van der Waals surface area contributed by atoms with Gasteiger partial charge in [-0.3, -0.25) is 4.79 Å². The molecule has 112 valence electrons. The molecule has 1 aromatic rings. The Kier molecular flexibility index (Phi) is 5.60. The van der Waals surface area contributed by atoms with Crippen molar-refractivity contribution in [2.45, 2.75) is 45.2 Å². The molecule has 2 nitrogen and oxygen atoms in total. The van der Waals surface area contributed by atoms with Gasteiger partial charge in [0.2, 0.25) is 0 Å². The lowest BCUT2D eigenvalue weighted by Crippen LogP contribution is -2.16. The number of carbonyl (C=O) groups is 1. The van der Waals surface area contributed by atoms with Crippen molar-refractivity contribution in [1.82, 2.24) is 0 Å². The van der Waals surface area contributed by atoms with Crippen molar-refractivity contribution in [2.75, 3.05) is 0 Å². The Morgan fingerprint density at radius 1 is 1.15 bits per heavy atom. The summed E-state index contributed by atoms with van der Waals surface area (Å²) >= 11 is 0. The summed E-state index contributed by atoms with van der Waals surface area (Å²) in [6.07, 6.45) is -2.22. The largest absolute Gasteiger partial charge is 0.481 e. The van der Waals surface area contributed by atoms with Crippen molar-refractivity contribution in [2.24, 2.45) is 5.92 Å². The Morgan fingerprint density at radius 3 is 2.00 bits per heavy atom. The molecule has 0 aliphatic rings. The van der Waals surface area contributed by atoms with Crippen LogP contribution in [0.25, 0.3) is 0 Å². The zero-order chi connectivity index (χ0) is 15.3. The quantitative estimate of drug-likeness (QED) is 0.823. The van der Waals surface area contributed by atoms with Gasteiger partial charge in [0.15, 0.2) is 0 Å². The number of hydrogen-bond donors (Lipinski definition) is 1. The van der Waals surface area contributed by atoms with E-state index < -0.39 is 23.6 Å². The molecule has 0 heterocycles. The second-order valence-electron chi connectivity index (χ2n) is 4.93. The van der Waals surface area contributed by atoms with Crippen molar-refractivity contribution >= 4 is 5.97 Å². The number of carboxylic acid groups (broad SMARTS) is 1. The third-order valence-corrected chi connectivity index (χ3v) is 3.66. The van der Waals surface area contributed by atoms with E-state index in [4.69, 9.17) is 0 Å². The second kappa shape index (κ2) is 6.77. The Balaban J connectivity index is 2.96. The first-order chi connectivity index (χ1) is 9.29. The van der Waals surface area contributed by atoms with Crippen LogP contribution >= 0.6 is 0 Å². The molecular weight excluding hydrogens is 269 g/mol. The first-order valence-corrected chi connectivity index (χ1v) is 6.69. The summed E-state index contributed by atoms with van der Waals surface area (Å²) < 4.78 is 37.4. The van der Waals surface area contributed by atoms with Crippen LogP contribution in [0.15, 0.2) is 24.3 Å². The van der Waals surface area contributed by atoms with Crippen molar-refractivity contribution in [3.8, 4) is 0 Å². The second-order valence-corrected chi connectivity index (χ2v) is 4.93. The fourth-order valence-corrected chi connectivity index (χ4v) is 2.24. The van der Waals surface area contributed by atoms with E-state index in [9.17, 15) is 23.1 Å². The van der Waals surface area contributed by atoms with Gasteiger partial charge in [-0.2, -0.15) is 13.2 Å². The molecule has 0 saturated carbocycles. The Morgan fingerprint density at radius 2 is 1.65 bits per heavy atom. The van der Waals surface area contributed by atoms with Crippen LogP contribution in [0.1, 0.15) is 50.2 Å². The molecule has 1 aromatic carbocycles. The van der Waals surface area contributed by atoms with Gasteiger partial charge in [-0.25, -0.2) is 0 Å². The lowest BCUT2D eigenvalue weighted by Gasteiger charge is -2.19. The molecule has 5 heteroatoms. The first-order valence-electron chi connectivity index (χ1n) is 6.69. The molecule has 1 N–H and O–H groups in total. The maximum Gasteiger partial charge on any atom is 0.416 e. The summed E-state index contributed by atoms with van der Waals surface area (Å²) in [7, 11) is 0. The third kappa shape index (κ3) is 4.25. The van der Waals surface area contributed by atoms with Crippen LogP contribution < -0.4 is 0 Å². The third-order valence-electron chi connectivity index (χ3n) is 3.66. The van der Waals surface area contributed by atoms with Gasteiger partial charge in [0.1, 0.15) is 0 Å². The Labute approximate surface area is 116 Å². The number of rotatable bonds is 6. The number of benzene rings is 1. The molecule has 0 bridgehead atoms. The standard InChI is InChI=1S/C15H19F3O2/c1-3-10(4-2)9-13(14(19)20)11-5-7-12(8-6-11)15(16,17)18/h5-8,10,13H,3-4,9H2,1-2H3,(H,19,20). The monoisotopic (exact) mass is 288 g/mol. The lowest BCUT2D eigenvalue weighted by atomic mass is 9.86. The molecule has 1 atom stereocenters. The minimum absolute atomic E-state index is 0.262. The normalized spacial score (nSPS) is 13.5. The van der Waals surface area contributed by atoms with Gasteiger partial charge in [-0.05, 0) is 30.0 Å². The van der Waals surface area contributed by atoms with E-state index in [0.717, 1.165) is 25.0 Å². The average Bonchev–Trinajstić information content (AvgIpc) is 2.39. The maximum atomic E-state index is 12.5. The van der Waals surface area contributed by atoms with E-state index in [1.165, 1.54) is 12.1 Å². The summed E-state index contributed by atoms with van der Waals surface area (Å²) in [5.41, 5.74) is -0.328. The summed E-state index contributed by atoms with van der Waals surface area (Å²) in [6, 6.07) is 4.42. The van der Waals surface area contributed by atoms with Crippen LogP contribution in [0.3, 0.4) is 0 Å². The van der Waals surface area contributed by atoms with Crippen molar-refractivity contribution < 1.29 is 23.1 Å². The number of carboxylic acids is 1. The van der Waals surface area contributed by atoms with Crippen LogP contribution in [-0.4, -0.2) is 11.1 Å². The summed E-state index contributed by atoms with van der Waals surface area (Å²) in [5, 5.41) is 9.27. The van der Waals surface area contributed by atoms with E-state index in [1.54, 1.807) is 0 Å². The Bertz CT molecular complexity index is 433. The zero-order valence-corrected chi connectivity index (χ0v) is 11.6. The predicted octanol–water partition coefficient (Wildman–Crippen LogP) is 4.70. The van der Waals surface area contributed by atoms with E-state index in [0.29, 0.717) is 12.0 Å². The number of hydrogen-bond acceptors (Lipinski definition) is 1. The average molecular weight is 288 g/mol. The minimum atomic E-state index is -4.40. The van der Waals surface area contributed by atoms with Crippen LogP contribution in [0, 0.1) is 5.92 Å². The fraction of sp³-hybridized carbons (Fsp3) is 0.533. The smallest absolute Gasteiger partial charge is 0.416 e. The summed E-state index contributed by atoms with van der Waals surface area (Å²) in [5.74, 6) is -1.47. The van der Waals surface area contributed by atoms with Gasteiger partial charge in [-0.15, -0.1) is 0 Å². The van der Waals surface area contributed by atoms with Crippen LogP contribution in [0.4, 0.5) is 13.2 Å². The number of alkyl halides is 3. The van der Waals surface area contributed by atoms with Gasteiger partial charge in [0.05, 0.1) is 11.5 Å².